The SMILES string of the molecule is Cc1cc([SiH]2CCCO[SiH2]2)c(C)c(C)c1C. The van der Waals surface area contributed by atoms with Crippen LogP contribution in [0.5, 0.6) is 0 Å². The zero-order chi connectivity index (χ0) is 11.7. The minimum Gasteiger partial charge on any atom is -0.427 e. The van der Waals surface area contributed by atoms with Crippen LogP contribution in [-0.2, 0) is 4.43 Å². The molecule has 0 N–H and O–H groups in total. The Morgan fingerprint density at radius 1 is 1.12 bits per heavy atom. The molecule has 1 aromatic rings. The van der Waals surface area contributed by atoms with Crippen molar-refractivity contribution in [1.29, 1.82) is 0 Å². The van der Waals surface area contributed by atoms with Gasteiger partial charge in [0.2, 0.25) is 0 Å². The summed E-state index contributed by atoms with van der Waals surface area (Å²) >= 11 is 0. The van der Waals surface area contributed by atoms with E-state index in [0.29, 0.717) is 0 Å². The lowest BCUT2D eigenvalue weighted by atomic mass is 10.00. The molecule has 0 aromatic heterocycles. The Bertz CT molecular complexity index is 395. The number of rotatable bonds is 1. The van der Waals surface area contributed by atoms with Gasteiger partial charge in [-0.25, -0.2) is 0 Å². The van der Waals surface area contributed by atoms with E-state index in [-0.39, 0.29) is 9.28 Å². The van der Waals surface area contributed by atoms with Crippen molar-refractivity contribution >= 4 is 22.8 Å². The number of hydrogen-bond acceptors (Lipinski definition) is 1. The quantitative estimate of drug-likeness (QED) is 0.684. The van der Waals surface area contributed by atoms with Gasteiger partial charge in [0.25, 0.3) is 0 Å². The highest BCUT2D eigenvalue weighted by Crippen LogP contribution is 2.17. The second kappa shape index (κ2) is 4.86. The normalized spacial score (nSPS) is 22.6. The van der Waals surface area contributed by atoms with Crippen molar-refractivity contribution < 1.29 is 4.43 Å². The van der Waals surface area contributed by atoms with Gasteiger partial charge in [-0.1, -0.05) is 17.3 Å². The first-order valence-electron chi connectivity index (χ1n) is 6.26. The van der Waals surface area contributed by atoms with Gasteiger partial charge in [-0.2, -0.15) is 0 Å². The molecule has 1 fully saturated rings. The van der Waals surface area contributed by atoms with Crippen LogP contribution in [0.4, 0.5) is 0 Å². The van der Waals surface area contributed by atoms with Gasteiger partial charge in [0.1, 0.15) is 0 Å². The summed E-state index contributed by atoms with van der Waals surface area (Å²) in [5, 5.41) is 1.71. The van der Waals surface area contributed by atoms with Crippen molar-refractivity contribution in [2.75, 3.05) is 6.61 Å². The highest BCUT2D eigenvalue weighted by atomic mass is 29.2. The molecule has 0 saturated carbocycles. The maximum absolute atomic E-state index is 5.80. The number of aryl methyl sites for hydroxylation is 1. The summed E-state index contributed by atoms with van der Waals surface area (Å²) in [7, 11) is -0.886. The molecule has 1 saturated heterocycles. The lowest BCUT2D eigenvalue weighted by molar-refractivity contribution is 0.336. The molecule has 1 aliphatic rings. The van der Waals surface area contributed by atoms with Crippen LogP contribution in [0.1, 0.15) is 28.7 Å². The van der Waals surface area contributed by atoms with E-state index in [2.05, 4.69) is 33.8 Å². The number of benzene rings is 1. The number of hydrogen-bond donors (Lipinski definition) is 0. The third kappa shape index (κ3) is 2.17. The lowest BCUT2D eigenvalue weighted by Gasteiger charge is -2.24. The van der Waals surface area contributed by atoms with Crippen LogP contribution in [0.15, 0.2) is 6.07 Å². The van der Waals surface area contributed by atoms with Crippen molar-refractivity contribution in [3.63, 3.8) is 0 Å². The van der Waals surface area contributed by atoms with Crippen molar-refractivity contribution in [2.24, 2.45) is 0 Å². The molecule has 16 heavy (non-hydrogen) atoms. The topological polar surface area (TPSA) is 9.23 Å². The van der Waals surface area contributed by atoms with Crippen LogP contribution in [0.2, 0.25) is 6.04 Å². The minimum absolute atomic E-state index is 0.203. The standard InChI is InChI=1S/C13H22OSi2/c1-9-8-13(12(4)11(3)10(9)2)16-7-5-6-14-15-16/h8,16H,5-7,15H2,1-4H3. The predicted molar refractivity (Wildman–Crippen MR) is 76.1 cm³/mol. The molecule has 1 atom stereocenters. The highest BCUT2D eigenvalue weighted by Gasteiger charge is 2.21. The first kappa shape index (κ1) is 12.1. The van der Waals surface area contributed by atoms with E-state index in [1.54, 1.807) is 10.8 Å². The lowest BCUT2D eigenvalue weighted by Crippen LogP contribution is -2.43. The van der Waals surface area contributed by atoms with Crippen LogP contribution in [0.25, 0.3) is 0 Å². The first-order chi connectivity index (χ1) is 7.61. The fraction of sp³-hybridized carbons (Fsp3) is 0.538. The molecule has 1 aromatic carbocycles. The summed E-state index contributed by atoms with van der Waals surface area (Å²) in [5.41, 5.74) is 6.04. The van der Waals surface area contributed by atoms with E-state index in [1.807, 2.05) is 0 Å². The summed E-state index contributed by atoms with van der Waals surface area (Å²) in [6.07, 6.45) is 1.30. The van der Waals surface area contributed by atoms with E-state index in [4.69, 9.17) is 4.43 Å². The summed E-state index contributed by atoms with van der Waals surface area (Å²) in [6.45, 7) is 10.1. The molecule has 0 aliphatic carbocycles. The minimum atomic E-state index is -0.684. The molecular weight excluding hydrogens is 228 g/mol. The molecule has 0 bridgehead atoms. The van der Waals surface area contributed by atoms with E-state index in [9.17, 15) is 0 Å². The molecular formula is C13H22OSi2. The highest BCUT2D eigenvalue weighted by molar-refractivity contribution is 7.17. The molecule has 0 spiro atoms. The van der Waals surface area contributed by atoms with Crippen LogP contribution in [0, 0.1) is 27.7 Å². The van der Waals surface area contributed by atoms with Gasteiger partial charge in [0.05, 0.1) is 8.31 Å². The molecule has 2 rings (SSSR count). The zero-order valence-corrected chi connectivity index (χ0v) is 13.5. The Morgan fingerprint density at radius 3 is 2.50 bits per heavy atom. The Kier molecular flexibility index (Phi) is 3.67. The second-order valence-electron chi connectivity index (χ2n) is 5.07. The maximum atomic E-state index is 5.80. The van der Waals surface area contributed by atoms with Gasteiger partial charge >= 0.3 is 0 Å². The molecule has 1 nitrogen and oxygen atoms in total. The molecule has 1 heterocycles. The van der Waals surface area contributed by atoms with Crippen molar-refractivity contribution in [3.05, 3.63) is 28.3 Å². The van der Waals surface area contributed by atoms with Crippen LogP contribution >= 0.6 is 0 Å². The van der Waals surface area contributed by atoms with Gasteiger partial charge in [-0.15, -0.1) is 0 Å². The molecule has 0 radical (unpaired) electrons. The smallest absolute Gasteiger partial charge is 0.152 e. The first-order valence-corrected chi connectivity index (χ1v) is 11.5. The second-order valence-corrected chi connectivity index (χ2v) is 12.4. The van der Waals surface area contributed by atoms with E-state index >= 15 is 0 Å². The summed E-state index contributed by atoms with van der Waals surface area (Å²) < 4.78 is 5.80. The van der Waals surface area contributed by atoms with Crippen molar-refractivity contribution in [3.8, 4) is 0 Å². The average Bonchev–Trinajstić information content (AvgIpc) is 2.32. The van der Waals surface area contributed by atoms with Crippen LogP contribution < -0.4 is 5.19 Å². The van der Waals surface area contributed by atoms with Gasteiger partial charge in [-0.05, 0) is 56.4 Å². The largest absolute Gasteiger partial charge is 0.427 e. The predicted octanol–water partition coefficient (Wildman–Crippen LogP) is 1.36. The van der Waals surface area contributed by atoms with Crippen LogP contribution in [-0.4, -0.2) is 24.2 Å². The third-order valence-electron chi connectivity index (χ3n) is 4.12. The van der Waals surface area contributed by atoms with E-state index < -0.39 is 8.31 Å². The van der Waals surface area contributed by atoms with Gasteiger partial charge in [0.15, 0.2) is 9.28 Å². The summed E-state index contributed by atoms with van der Waals surface area (Å²) in [6, 6.07) is 3.95. The third-order valence-corrected chi connectivity index (χ3v) is 12.1. The van der Waals surface area contributed by atoms with Crippen molar-refractivity contribution in [1.82, 2.24) is 0 Å². The molecule has 0 amide bonds. The van der Waals surface area contributed by atoms with E-state index in [0.717, 1.165) is 6.61 Å². The Hall–Kier alpha value is -0.386. The van der Waals surface area contributed by atoms with Gasteiger partial charge in [0, 0.05) is 6.61 Å². The van der Waals surface area contributed by atoms with Crippen LogP contribution in [0.3, 0.4) is 0 Å². The van der Waals surface area contributed by atoms with Crippen molar-refractivity contribution in [2.45, 2.75) is 40.2 Å². The summed E-state index contributed by atoms with van der Waals surface area (Å²) in [5.74, 6) is 0. The molecule has 1 aliphatic heterocycles. The fourth-order valence-electron chi connectivity index (χ4n) is 2.65. The maximum Gasteiger partial charge on any atom is 0.152 e. The average molecular weight is 250 g/mol. The molecule has 1 unspecified atom stereocenters. The Balaban J connectivity index is 2.40. The Labute approximate surface area is 103 Å². The van der Waals surface area contributed by atoms with Gasteiger partial charge in [-0.3, -0.25) is 0 Å². The molecule has 88 valence electrons. The monoisotopic (exact) mass is 250 g/mol. The fourth-order valence-corrected chi connectivity index (χ4v) is 10.5. The zero-order valence-electron chi connectivity index (χ0n) is 10.9. The van der Waals surface area contributed by atoms with Gasteiger partial charge < -0.3 is 4.43 Å². The summed E-state index contributed by atoms with van der Waals surface area (Å²) in [4.78, 5) is 0. The Morgan fingerprint density at radius 2 is 1.88 bits per heavy atom. The molecule has 3 heteroatoms. The van der Waals surface area contributed by atoms with E-state index in [1.165, 1.54) is 29.2 Å².